The van der Waals surface area contributed by atoms with Gasteiger partial charge < -0.3 is 10.6 Å². The van der Waals surface area contributed by atoms with Crippen LogP contribution in [0, 0.1) is 0 Å². The van der Waals surface area contributed by atoms with Crippen LogP contribution in [0.1, 0.15) is 17.3 Å². The number of benzene rings is 3. The molecule has 2 N–H and O–H groups in total. The molecule has 0 aliphatic heterocycles. The normalized spacial score (nSPS) is 10.7. The van der Waals surface area contributed by atoms with Crippen LogP contribution in [0.3, 0.4) is 0 Å². The van der Waals surface area contributed by atoms with Gasteiger partial charge in [0.05, 0.1) is 23.6 Å². The molecule has 0 radical (unpaired) electrons. The lowest BCUT2D eigenvalue weighted by atomic mass is 10.1. The Morgan fingerprint density at radius 2 is 1.38 bits per heavy atom. The van der Waals surface area contributed by atoms with Crippen LogP contribution in [0.4, 0.5) is 11.4 Å². The largest absolute Gasteiger partial charge is 0.326 e. The minimum absolute atomic E-state index is 0.144. The molecule has 0 aliphatic rings. The fraction of sp³-hybridized carbons (Fsp3) is 0.0370. The molecule has 0 fully saturated rings. The van der Waals surface area contributed by atoms with Gasteiger partial charge in [-0.05, 0) is 36.4 Å². The average molecular weight is 447 g/mol. The molecule has 7 nitrogen and oxygen atoms in total. The average Bonchev–Trinajstić information content (AvgIpc) is 3.29. The molecule has 0 saturated heterocycles. The van der Waals surface area contributed by atoms with Crippen molar-refractivity contribution in [1.82, 2.24) is 14.4 Å². The first-order valence-corrected chi connectivity index (χ1v) is 10.7. The third kappa shape index (κ3) is 4.40. The number of nitrogens with one attached hydrogen (secondary N) is 2. The predicted octanol–water partition coefficient (Wildman–Crippen LogP) is 5.27. The van der Waals surface area contributed by atoms with Crippen LogP contribution < -0.4 is 10.6 Å². The lowest BCUT2D eigenvalue weighted by molar-refractivity contribution is -0.114. The molecular formula is C27H21N5O2. The van der Waals surface area contributed by atoms with E-state index in [0.717, 1.165) is 28.2 Å². The first kappa shape index (κ1) is 21.1. The van der Waals surface area contributed by atoms with E-state index in [0.29, 0.717) is 16.9 Å². The molecule has 0 unspecified atom stereocenters. The number of nitrogens with zero attached hydrogens (tertiary/aromatic N) is 3. The Morgan fingerprint density at radius 3 is 2.06 bits per heavy atom. The van der Waals surface area contributed by atoms with E-state index in [2.05, 4.69) is 20.6 Å². The summed E-state index contributed by atoms with van der Waals surface area (Å²) < 4.78 is 2.00. The lowest BCUT2D eigenvalue weighted by Gasteiger charge is -2.08. The zero-order chi connectivity index (χ0) is 23.5. The summed E-state index contributed by atoms with van der Waals surface area (Å²) in [5.74, 6) is 0.409. The molecule has 5 aromatic rings. The Labute approximate surface area is 196 Å². The first-order chi connectivity index (χ1) is 16.6. The van der Waals surface area contributed by atoms with Crippen molar-refractivity contribution in [2.75, 3.05) is 10.6 Å². The zero-order valence-electron chi connectivity index (χ0n) is 18.4. The summed E-state index contributed by atoms with van der Waals surface area (Å²) in [7, 11) is 0. The molecule has 0 bridgehead atoms. The second-order valence-corrected chi connectivity index (χ2v) is 7.81. The van der Waals surface area contributed by atoms with E-state index in [1.807, 2.05) is 53.1 Å². The van der Waals surface area contributed by atoms with E-state index in [9.17, 15) is 9.59 Å². The Bertz CT molecular complexity index is 1470. The van der Waals surface area contributed by atoms with Crippen LogP contribution in [0.5, 0.6) is 0 Å². The van der Waals surface area contributed by atoms with Crippen molar-refractivity contribution < 1.29 is 9.59 Å². The number of carbonyl (C=O) groups is 2. The van der Waals surface area contributed by atoms with E-state index in [-0.39, 0.29) is 11.8 Å². The van der Waals surface area contributed by atoms with Crippen molar-refractivity contribution in [3.8, 4) is 22.6 Å². The summed E-state index contributed by atoms with van der Waals surface area (Å²) in [4.78, 5) is 32.9. The molecule has 0 saturated carbocycles. The van der Waals surface area contributed by atoms with Gasteiger partial charge >= 0.3 is 0 Å². The monoisotopic (exact) mass is 447 g/mol. The SMILES string of the molecule is CC(=O)Nc1ccc(NC(=O)c2ccc(-c3ncc4cnc(-c5ccccc5)cn34)cc2)cc1. The van der Waals surface area contributed by atoms with Crippen LogP contribution in [-0.2, 0) is 4.79 Å². The number of hydrogen-bond donors (Lipinski definition) is 2. The van der Waals surface area contributed by atoms with Crippen molar-refractivity contribution in [1.29, 1.82) is 0 Å². The van der Waals surface area contributed by atoms with Gasteiger partial charge in [-0.25, -0.2) is 4.98 Å². The van der Waals surface area contributed by atoms with E-state index in [4.69, 9.17) is 0 Å². The van der Waals surface area contributed by atoms with Gasteiger partial charge in [0.2, 0.25) is 5.91 Å². The smallest absolute Gasteiger partial charge is 0.255 e. The Balaban J connectivity index is 1.35. The molecule has 166 valence electrons. The quantitative estimate of drug-likeness (QED) is 0.384. The standard InChI is InChI=1S/C27H21N5O2/c1-18(33)30-22-11-13-23(14-12-22)31-27(34)21-9-7-20(8-10-21)26-29-16-24-15-28-25(17-32(24)26)19-5-3-2-4-6-19/h2-17H,1H3,(H,30,33)(H,31,34). The number of rotatable bonds is 5. The molecule has 7 heteroatoms. The maximum Gasteiger partial charge on any atom is 0.255 e. The fourth-order valence-corrected chi connectivity index (χ4v) is 3.68. The summed E-state index contributed by atoms with van der Waals surface area (Å²) in [5, 5.41) is 5.57. The number of hydrogen-bond acceptors (Lipinski definition) is 4. The number of imidazole rings is 1. The molecule has 2 aromatic heterocycles. The number of fused-ring (bicyclic) bond motifs is 1. The number of aromatic nitrogens is 3. The van der Waals surface area contributed by atoms with Gasteiger partial charge in [0, 0.05) is 41.2 Å². The number of carbonyl (C=O) groups excluding carboxylic acids is 2. The van der Waals surface area contributed by atoms with Crippen molar-refractivity contribution in [2.24, 2.45) is 0 Å². The van der Waals surface area contributed by atoms with E-state index in [1.165, 1.54) is 6.92 Å². The van der Waals surface area contributed by atoms with Crippen molar-refractivity contribution in [2.45, 2.75) is 6.92 Å². The molecule has 3 aromatic carbocycles. The highest BCUT2D eigenvalue weighted by atomic mass is 16.2. The van der Waals surface area contributed by atoms with Crippen LogP contribution in [-0.4, -0.2) is 26.2 Å². The first-order valence-electron chi connectivity index (χ1n) is 10.7. The Kier molecular flexibility index (Phi) is 5.58. The Morgan fingerprint density at radius 1 is 0.735 bits per heavy atom. The van der Waals surface area contributed by atoms with Gasteiger partial charge in [-0.1, -0.05) is 42.5 Å². The van der Waals surface area contributed by atoms with Crippen LogP contribution in [0.15, 0.2) is 97.5 Å². The maximum atomic E-state index is 12.7. The minimum Gasteiger partial charge on any atom is -0.326 e. The highest BCUT2D eigenvalue weighted by Crippen LogP contribution is 2.24. The summed E-state index contributed by atoms with van der Waals surface area (Å²) in [6.45, 7) is 1.45. The molecule has 34 heavy (non-hydrogen) atoms. The van der Waals surface area contributed by atoms with E-state index >= 15 is 0 Å². The predicted molar refractivity (Wildman–Crippen MR) is 133 cm³/mol. The third-order valence-electron chi connectivity index (χ3n) is 5.35. The van der Waals surface area contributed by atoms with Gasteiger partial charge in [0.1, 0.15) is 5.82 Å². The summed E-state index contributed by atoms with van der Waals surface area (Å²) >= 11 is 0. The zero-order valence-corrected chi connectivity index (χ0v) is 18.4. The van der Waals surface area contributed by atoms with E-state index < -0.39 is 0 Å². The van der Waals surface area contributed by atoms with Gasteiger partial charge in [-0.3, -0.25) is 19.0 Å². The highest BCUT2D eigenvalue weighted by molar-refractivity contribution is 6.04. The van der Waals surface area contributed by atoms with Crippen molar-refractivity contribution >= 4 is 28.7 Å². The summed E-state index contributed by atoms with van der Waals surface area (Å²) in [5.41, 5.74) is 5.51. The highest BCUT2D eigenvalue weighted by Gasteiger charge is 2.11. The maximum absolute atomic E-state index is 12.7. The fourth-order valence-electron chi connectivity index (χ4n) is 3.68. The molecule has 5 rings (SSSR count). The van der Waals surface area contributed by atoms with Crippen LogP contribution in [0.2, 0.25) is 0 Å². The topological polar surface area (TPSA) is 88.4 Å². The second-order valence-electron chi connectivity index (χ2n) is 7.81. The Hall–Kier alpha value is -4.78. The molecule has 2 heterocycles. The van der Waals surface area contributed by atoms with Gasteiger partial charge in [0.15, 0.2) is 0 Å². The molecule has 0 spiro atoms. The van der Waals surface area contributed by atoms with E-state index in [1.54, 1.807) is 48.8 Å². The van der Waals surface area contributed by atoms with Crippen LogP contribution in [0.25, 0.3) is 28.2 Å². The summed E-state index contributed by atoms with van der Waals surface area (Å²) in [6.07, 6.45) is 5.55. The molecular weight excluding hydrogens is 426 g/mol. The molecule has 0 aliphatic carbocycles. The van der Waals surface area contributed by atoms with Crippen molar-refractivity contribution in [3.63, 3.8) is 0 Å². The third-order valence-corrected chi connectivity index (χ3v) is 5.35. The summed E-state index contributed by atoms with van der Waals surface area (Å²) in [6, 6.07) is 24.3. The second kappa shape index (κ2) is 8.99. The minimum atomic E-state index is -0.220. The van der Waals surface area contributed by atoms with Gasteiger partial charge in [0.25, 0.3) is 5.91 Å². The molecule has 2 amide bonds. The molecule has 0 atom stereocenters. The van der Waals surface area contributed by atoms with Gasteiger partial charge in [-0.15, -0.1) is 0 Å². The van der Waals surface area contributed by atoms with Crippen LogP contribution >= 0.6 is 0 Å². The number of anilines is 2. The van der Waals surface area contributed by atoms with Gasteiger partial charge in [-0.2, -0.15) is 0 Å². The van der Waals surface area contributed by atoms with Crippen molar-refractivity contribution in [3.05, 3.63) is 103 Å². The lowest BCUT2D eigenvalue weighted by Crippen LogP contribution is -2.12. The number of amides is 2.